The minimum Gasteiger partial charge on any atom is -0.449 e. The number of hydrogen-bond donors (Lipinski definition) is 2. The van der Waals surface area contributed by atoms with Crippen molar-refractivity contribution in [2.45, 2.75) is 75.6 Å². The number of furan rings is 1. The van der Waals surface area contributed by atoms with Crippen LogP contribution in [0.5, 0.6) is 0 Å². The number of fused-ring (bicyclic) bond motifs is 1. The molecule has 5 rings (SSSR count). The Balaban J connectivity index is 1.39. The second-order valence-electron chi connectivity index (χ2n) is 10.5. The molecule has 1 saturated heterocycles. The average Bonchev–Trinajstić information content (AvgIpc) is 3.58. The largest absolute Gasteiger partial charge is 0.449 e. The number of halogens is 4. The molecule has 1 aromatic heterocycles. The number of nitrogens with one attached hydrogen (secondary N) is 1. The first-order valence-corrected chi connectivity index (χ1v) is 12.1. The Morgan fingerprint density at radius 1 is 1.17 bits per heavy atom. The number of benzene rings is 1. The molecule has 2 aliphatic carbocycles. The summed E-state index contributed by atoms with van der Waals surface area (Å²) in [5.74, 6) is -1.20. The maximum absolute atomic E-state index is 13.8. The van der Waals surface area contributed by atoms with E-state index in [1.165, 1.54) is 0 Å². The van der Waals surface area contributed by atoms with E-state index in [0.29, 0.717) is 31.2 Å². The molecule has 0 unspecified atom stereocenters. The van der Waals surface area contributed by atoms with Crippen molar-refractivity contribution >= 4 is 34.5 Å². The maximum Gasteiger partial charge on any atom is 0.420 e. The number of urea groups is 1. The summed E-state index contributed by atoms with van der Waals surface area (Å²) in [5, 5.41) is 11.1. The average molecular weight is 514 g/mol. The minimum atomic E-state index is -4.68. The van der Waals surface area contributed by atoms with Gasteiger partial charge in [-0.15, -0.1) is 0 Å². The quantitative estimate of drug-likeness (QED) is 0.571. The molecule has 35 heavy (non-hydrogen) atoms. The summed E-state index contributed by atoms with van der Waals surface area (Å²) in [6.45, 7) is 4.06. The number of hydrogen-bond acceptors (Lipinski definition) is 4. The van der Waals surface area contributed by atoms with Crippen LogP contribution in [-0.4, -0.2) is 51.2 Å². The van der Waals surface area contributed by atoms with Gasteiger partial charge in [0.2, 0.25) is 5.76 Å². The second-order valence-corrected chi connectivity index (χ2v) is 10.9. The molecular formula is C24H27ClF3N3O4. The van der Waals surface area contributed by atoms with E-state index in [0.717, 1.165) is 23.9 Å². The third-order valence-electron chi connectivity index (χ3n) is 7.62. The number of carbonyl (C=O) groups is 2. The van der Waals surface area contributed by atoms with E-state index in [-0.39, 0.29) is 29.4 Å². The predicted octanol–water partition coefficient (Wildman–Crippen LogP) is 5.45. The van der Waals surface area contributed by atoms with Crippen molar-refractivity contribution in [3.63, 3.8) is 0 Å². The first-order chi connectivity index (χ1) is 16.3. The Morgan fingerprint density at radius 2 is 1.83 bits per heavy atom. The summed E-state index contributed by atoms with van der Waals surface area (Å²) >= 11 is 6.37. The van der Waals surface area contributed by atoms with Gasteiger partial charge in [0, 0.05) is 17.5 Å². The Labute approximate surface area is 205 Å². The molecule has 2 aromatic rings. The molecule has 2 saturated carbocycles. The molecule has 7 nitrogen and oxygen atoms in total. The fraction of sp³-hybridized carbons (Fsp3) is 0.583. The van der Waals surface area contributed by atoms with Crippen LogP contribution in [0.15, 0.2) is 16.5 Å². The number of rotatable bonds is 3. The number of nitrogens with zero attached hydrogens (tertiary/aromatic N) is 2. The lowest BCUT2D eigenvalue weighted by Crippen LogP contribution is -2.65. The molecule has 3 aliphatic rings. The van der Waals surface area contributed by atoms with E-state index >= 15 is 0 Å². The normalized spacial score (nSPS) is 27.9. The number of carbonyl (C=O) groups excluding carboxylic acids is 2. The van der Waals surface area contributed by atoms with Crippen LogP contribution in [0.1, 0.15) is 80.0 Å². The zero-order valence-electron chi connectivity index (χ0n) is 19.5. The molecule has 3 fully saturated rings. The Kier molecular flexibility index (Phi) is 5.56. The van der Waals surface area contributed by atoms with Gasteiger partial charge in [-0.2, -0.15) is 13.2 Å². The minimum absolute atomic E-state index is 0.0403. The van der Waals surface area contributed by atoms with Gasteiger partial charge in [-0.3, -0.25) is 4.79 Å². The van der Waals surface area contributed by atoms with Crippen molar-refractivity contribution in [2.24, 2.45) is 0 Å². The van der Waals surface area contributed by atoms with Crippen molar-refractivity contribution in [3.8, 4) is 0 Å². The van der Waals surface area contributed by atoms with Crippen molar-refractivity contribution < 1.29 is 32.3 Å². The van der Waals surface area contributed by atoms with E-state index in [1.807, 2.05) is 6.92 Å². The third kappa shape index (κ3) is 4.35. The molecule has 0 radical (unpaired) electrons. The first-order valence-electron chi connectivity index (χ1n) is 11.7. The first kappa shape index (κ1) is 24.2. The number of hydrazine groups is 1. The Bertz CT molecular complexity index is 1190. The van der Waals surface area contributed by atoms with Crippen molar-refractivity contribution in [1.82, 2.24) is 15.3 Å². The number of alkyl halides is 3. The van der Waals surface area contributed by atoms with Crippen LogP contribution in [0, 0.1) is 0 Å². The molecular weight excluding hydrogens is 487 g/mol. The predicted molar refractivity (Wildman–Crippen MR) is 122 cm³/mol. The lowest BCUT2D eigenvalue weighted by Gasteiger charge is -2.49. The molecule has 11 heteroatoms. The highest BCUT2D eigenvalue weighted by Crippen LogP contribution is 2.47. The Morgan fingerprint density at radius 3 is 2.40 bits per heavy atom. The van der Waals surface area contributed by atoms with Crippen LogP contribution in [0.25, 0.3) is 11.0 Å². The van der Waals surface area contributed by atoms with Crippen LogP contribution in [-0.2, 0) is 6.18 Å². The van der Waals surface area contributed by atoms with E-state index in [2.05, 4.69) is 5.43 Å². The van der Waals surface area contributed by atoms with Gasteiger partial charge in [-0.05, 0) is 76.0 Å². The zero-order valence-corrected chi connectivity index (χ0v) is 20.2. The second kappa shape index (κ2) is 8.03. The molecule has 0 bridgehead atoms. The third-order valence-corrected chi connectivity index (χ3v) is 8.00. The standard InChI is InChI=1S/C24H27ClF3N3O4/c1-22(5-7-23(2,34)8-6-22)30-9-10-31(29-21(30)33)20(32)19-17(25)15-11-14(13-3-4-13)12-16(18(15)35-19)24(26,27)28/h11-13,34H,3-10H2,1-2H3,(H,29,33). The Hall–Kier alpha value is -2.46. The van der Waals surface area contributed by atoms with Gasteiger partial charge in [0.05, 0.1) is 17.7 Å². The summed E-state index contributed by atoms with van der Waals surface area (Å²) in [6.07, 6.45) is -0.747. The van der Waals surface area contributed by atoms with Crippen molar-refractivity contribution in [3.05, 3.63) is 34.0 Å². The molecule has 1 aliphatic heterocycles. The number of amides is 3. The maximum atomic E-state index is 13.8. The molecule has 3 amide bonds. The van der Waals surface area contributed by atoms with Gasteiger partial charge in [0.15, 0.2) is 0 Å². The monoisotopic (exact) mass is 513 g/mol. The van der Waals surface area contributed by atoms with Crippen LogP contribution in [0.4, 0.5) is 18.0 Å². The molecule has 2 N–H and O–H groups in total. The summed E-state index contributed by atoms with van der Waals surface area (Å²) in [4.78, 5) is 27.7. The van der Waals surface area contributed by atoms with E-state index in [4.69, 9.17) is 16.0 Å². The van der Waals surface area contributed by atoms with E-state index < -0.39 is 46.2 Å². The highest BCUT2D eigenvalue weighted by molar-refractivity contribution is 6.38. The molecule has 0 atom stereocenters. The fourth-order valence-electron chi connectivity index (χ4n) is 5.11. The zero-order chi connectivity index (χ0) is 25.3. The van der Waals surface area contributed by atoms with Gasteiger partial charge in [-0.1, -0.05) is 11.6 Å². The molecule has 1 aromatic carbocycles. The van der Waals surface area contributed by atoms with E-state index in [1.54, 1.807) is 17.9 Å². The van der Waals surface area contributed by atoms with Crippen molar-refractivity contribution in [2.75, 3.05) is 13.1 Å². The number of aliphatic hydroxyl groups is 1. The van der Waals surface area contributed by atoms with Gasteiger partial charge in [0.25, 0.3) is 0 Å². The summed E-state index contributed by atoms with van der Waals surface area (Å²) in [7, 11) is 0. The summed E-state index contributed by atoms with van der Waals surface area (Å²) in [5.41, 5.74) is 0.367. The molecule has 2 heterocycles. The highest BCUT2D eigenvalue weighted by atomic mass is 35.5. The van der Waals surface area contributed by atoms with Gasteiger partial charge >= 0.3 is 18.1 Å². The van der Waals surface area contributed by atoms with Crippen LogP contribution in [0.3, 0.4) is 0 Å². The summed E-state index contributed by atoms with van der Waals surface area (Å²) < 4.78 is 46.7. The van der Waals surface area contributed by atoms with Crippen LogP contribution in [0.2, 0.25) is 5.02 Å². The molecule has 0 spiro atoms. The smallest absolute Gasteiger partial charge is 0.420 e. The van der Waals surface area contributed by atoms with Gasteiger partial charge in [0.1, 0.15) is 10.6 Å². The molecule has 190 valence electrons. The lowest BCUT2D eigenvalue weighted by molar-refractivity contribution is -0.136. The highest BCUT2D eigenvalue weighted by Gasteiger charge is 2.45. The summed E-state index contributed by atoms with van der Waals surface area (Å²) in [6, 6.07) is 2.13. The van der Waals surface area contributed by atoms with Gasteiger partial charge < -0.3 is 14.4 Å². The SMILES string of the molecule is CC1(O)CCC(C)(N2CCN(C(=O)c3oc4c(C(F)(F)F)cc(C5CC5)cc4c3Cl)NC2=O)CC1. The van der Waals surface area contributed by atoms with Crippen LogP contribution < -0.4 is 5.43 Å². The van der Waals surface area contributed by atoms with Gasteiger partial charge in [-0.25, -0.2) is 15.2 Å². The van der Waals surface area contributed by atoms with Crippen molar-refractivity contribution in [1.29, 1.82) is 0 Å². The van der Waals surface area contributed by atoms with Crippen LogP contribution >= 0.6 is 11.6 Å². The fourth-order valence-corrected chi connectivity index (χ4v) is 5.37. The van der Waals surface area contributed by atoms with E-state index in [9.17, 15) is 27.9 Å². The lowest BCUT2D eigenvalue weighted by atomic mass is 9.75. The topological polar surface area (TPSA) is 86.0 Å².